The van der Waals surface area contributed by atoms with Gasteiger partial charge in [0.05, 0.1) is 17.6 Å². The number of carbonyl (C=O) groups is 1. The third-order valence-corrected chi connectivity index (χ3v) is 3.75. The van der Waals surface area contributed by atoms with Crippen LogP contribution in [0.5, 0.6) is 0 Å². The lowest BCUT2D eigenvalue weighted by molar-refractivity contribution is -0.148. The zero-order valence-electron chi connectivity index (χ0n) is 11.6. The fraction of sp³-hybridized carbons (Fsp3) is 0.917. The second kappa shape index (κ2) is 4.34. The molecule has 0 rings (SSSR count). The molecule has 0 bridgehead atoms. The van der Waals surface area contributed by atoms with E-state index in [1.807, 2.05) is 41.5 Å². The van der Waals surface area contributed by atoms with Crippen LogP contribution in [0, 0.1) is 5.41 Å². The lowest BCUT2D eigenvalue weighted by Crippen LogP contribution is -2.60. The van der Waals surface area contributed by atoms with E-state index in [1.54, 1.807) is 11.9 Å². The van der Waals surface area contributed by atoms with Crippen LogP contribution in [0.2, 0.25) is 0 Å². The van der Waals surface area contributed by atoms with Crippen LogP contribution in [-0.2, 0) is 4.79 Å². The molecule has 0 spiro atoms. The fourth-order valence-corrected chi connectivity index (χ4v) is 1.08. The molecular weight excluding hydrogens is 204 g/mol. The number of hydrogen-bond acceptors (Lipinski definition) is 3. The Morgan fingerprint density at radius 2 is 1.56 bits per heavy atom. The highest BCUT2D eigenvalue weighted by Gasteiger charge is 2.44. The van der Waals surface area contributed by atoms with Gasteiger partial charge >= 0.3 is 0 Å². The minimum atomic E-state index is -0.672. The molecule has 16 heavy (non-hydrogen) atoms. The van der Waals surface area contributed by atoms with Crippen LogP contribution < -0.4 is 5.73 Å². The second-order valence-electron chi connectivity index (χ2n) is 6.18. The summed E-state index contributed by atoms with van der Waals surface area (Å²) in [5.74, 6) is -0.0564. The summed E-state index contributed by atoms with van der Waals surface area (Å²) in [6.45, 7) is 10.9. The van der Waals surface area contributed by atoms with Crippen LogP contribution in [0.3, 0.4) is 0 Å². The predicted octanol–water partition coefficient (Wildman–Crippen LogP) is 0.979. The third-order valence-electron chi connectivity index (χ3n) is 3.75. The summed E-state index contributed by atoms with van der Waals surface area (Å²) in [5.41, 5.74) is 4.18. The van der Waals surface area contributed by atoms with Crippen LogP contribution >= 0.6 is 0 Å². The van der Waals surface area contributed by atoms with Gasteiger partial charge in [-0.3, -0.25) is 4.79 Å². The molecule has 0 radical (unpaired) electrons. The molecule has 0 aromatic heterocycles. The van der Waals surface area contributed by atoms with E-state index in [4.69, 9.17) is 5.73 Å². The number of rotatable bonds is 4. The molecule has 4 nitrogen and oxygen atoms in total. The average Bonchev–Trinajstić information content (AvgIpc) is 2.13. The molecule has 1 amide bonds. The standard InChI is InChI=1S/C12H26N2O2/c1-10(2,8-15)14(7)9(16)11(3,4)12(5,6)13/h15H,8,13H2,1-7H3. The van der Waals surface area contributed by atoms with E-state index in [0.29, 0.717) is 0 Å². The Hall–Kier alpha value is -0.610. The Bertz CT molecular complexity index is 265. The molecule has 0 unspecified atom stereocenters. The topological polar surface area (TPSA) is 66.6 Å². The predicted molar refractivity (Wildman–Crippen MR) is 66.0 cm³/mol. The lowest BCUT2D eigenvalue weighted by atomic mass is 9.73. The highest BCUT2D eigenvalue weighted by Crippen LogP contribution is 2.32. The lowest BCUT2D eigenvalue weighted by Gasteiger charge is -2.44. The van der Waals surface area contributed by atoms with Crippen LogP contribution in [-0.4, -0.2) is 40.6 Å². The Morgan fingerprint density at radius 1 is 1.19 bits per heavy atom. The third kappa shape index (κ3) is 2.74. The Morgan fingerprint density at radius 3 is 1.81 bits per heavy atom. The van der Waals surface area contributed by atoms with Crippen molar-refractivity contribution in [2.45, 2.75) is 52.6 Å². The van der Waals surface area contributed by atoms with Crippen LogP contribution in [0.25, 0.3) is 0 Å². The Labute approximate surface area is 98.8 Å². The average molecular weight is 230 g/mol. The molecule has 3 N–H and O–H groups in total. The van der Waals surface area contributed by atoms with Crippen LogP contribution in [0.4, 0.5) is 0 Å². The van der Waals surface area contributed by atoms with Gasteiger partial charge < -0.3 is 15.7 Å². The highest BCUT2D eigenvalue weighted by atomic mass is 16.3. The summed E-state index contributed by atoms with van der Waals surface area (Å²) >= 11 is 0. The van der Waals surface area contributed by atoms with Gasteiger partial charge in [-0.15, -0.1) is 0 Å². The summed E-state index contributed by atoms with van der Waals surface area (Å²) in [7, 11) is 1.70. The molecule has 0 fully saturated rings. The summed E-state index contributed by atoms with van der Waals surface area (Å²) in [6, 6.07) is 0. The van der Waals surface area contributed by atoms with Crippen molar-refractivity contribution < 1.29 is 9.90 Å². The van der Waals surface area contributed by atoms with E-state index in [9.17, 15) is 9.90 Å². The van der Waals surface area contributed by atoms with Crippen molar-refractivity contribution in [2.75, 3.05) is 13.7 Å². The molecule has 0 aliphatic carbocycles. The number of aliphatic hydroxyl groups excluding tert-OH is 1. The van der Waals surface area contributed by atoms with Gasteiger partial charge in [-0.25, -0.2) is 0 Å². The molecule has 0 saturated heterocycles. The summed E-state index contributed by atoms with van der Waals surface area (Å²) in [4.78, 5) is 13.9. The number of likely N-dealkylation sites (N-methyl/N-ethyl adjacent to an activating group) is 1. The monoisotopic (exact) mass is 230 g/mol. The summed E-state index contributed by atoms with van der Waals surface area (Å²) in [6.07, 6.45) is 0. The number of nitrogens with two attached hydrogens (primary N) is 1. The van der Waals surface area contributed by atoms with Gasteiger partial charge in [0.2, 0.25) is 5.91 Å². The van der Waals surface area contributed by atoms with Crippen molar-refractivity contribution in [1.29, 1.82) is 0 Å². The highest BCUT2D eigenvalue weighted by molar-refractivity contribution is 5.83. The molecule has 0 atom stereocenters. The SMILES string of the molecule is CN(C(=O)C(C)(C)C(C)(C)N)C(C)(C)CO. The largest absolute Gasteiger partial charge is 0.394 e. The number of aliphatic hydroxyl groups is 1. The van der Waals surface area contributed by atoms with Crippen LogP contribution in [0.1, 0.15) is 41.5 Å². The first kappa shape index (κ1) is 15.4. The molecular formula is C12H26N2O2. The van der Waals surface area contributed by atoms with Crippen molar-refractivity contribution in [3.63, 3.8) is 0 Å². The summed E-state index contributed by atoms with van der Waals surface area (Å²) in [5, 5.41) is 9.26. The molecule has 0 aliphatic heterocycles. The van der Waals surface area contributed by atoms with Gasteiger partial charge in [0.25, 0.3) is 0 Å². The number of amides is 1. The zero-order chi connectivity index (χ0) is 13.4. The van der Waals surface area contributed by atoms with Crippen LogP contribution in [0.15, 0.2) is 0 Å². The number of carbonyl (C=O) groups excluding carboxylic acids is 1. The molecule has 0 aromatic rings. The van der Waals surface area contributed by atoms with E-state index in [0.717, 1.165) is 0 Å². The Kier molecular flexibility index (Phi) is 4.17. The van der Waals surface area contributed by atoms with Gasteiger partial charge in [-0.2, -0.15) is 0 Å². The first-order chi connectivity index (χ1) is 6.88. The maximum atomic E-state index is 12.4. The van der Waals surface area contributed by atoms with Crippen molar-refractivity contribution >= 4 is 5.91 Å². The molecule has 0 heterocycles. The zero-order valence-corrected chi connectivity index (χ0v) is 11.6. The molecule has 96 valence electrons. The summed E-state index contributed by atoms with van der Waals surface area (Å²) < 4.78 is 0. The molecule has 0 aliphatic rings. The molecule has 0 aromatic carbocycles. The normalized spacial score (nSPS) is 13.8. The minimum absolute atomic E-state index is 0.0564. The van der Waals surface area contributed by atoms with Crippen molar-refractivity contribution in [3.8, 4) is 0 Å². The van der Waals surface area contributed by atoms with E-state index in [2.05, 4.69) is 0 Å². The van der Waals surface area contributed by atoms with Crippen molar-refractivity contribution in [1.82, 2.24) is 4.90 Å². The van der Waals surface area contributed by atoms with Gasteiger partial charge in [0.15, 0.2) is 0 Å². The van der Waals surface area contributed by atoms with Crippen molar-refractivity contribution in [3.05, 3.63) is 0 Å². The number of hydrogen-bond donors (Lipinski definition) is 2. The van der Waals surface area contributed by atoms with E-state index in [-0.39, 0.29) is 12.5 Å². The van der Waals surface area contributed by atoms with E-state index < -0.39 is 16.5 Å². The van der Waals surface area contributed by atoms with Gasteiger partial charge in [-0.05, 0) is 41.5 Å². The smallest absolute Gasteiger partial charge is 0.230 e. The maximum Gasteiger partial charge on any atom is 0.230 e. The Balaban J connectivity index is 5.09. The van der Waals surface area contributed by atoms with E-state index >= 15 is 0 Å². The van der Waals surface area contributed by atoms with Crippen molar-refractivity contribution in [2.24, 2.45) is 11.1 Å². The van der Waals surface area contributed by atoms with Gasteiger partial charge in [0, 0.05) is 12.6 Å². The van der Waals surface area contributed by atoms with Gasteiger partial charge in [0.1, 0.15) is 0 Å². The second-order valence-corrected chi connectivity index (χ2v) is 6.18. The first-order valence-corrected chi connectivity index (χ1v) is 5.56. The molecule has 4 heteroatoms. The minimum Gasteiger partial charge on any atom is -0.394 e. The first-order valence-electron chi connectivity index (χ1n) is 5.56. The number of nitrogens with zero attached hydrogens (tertiary/aromatic N) is 1. The quantitative estimate of drug-likeness (QED) is 0.756. The molecule has 0 saturated carbocycles. The fourth-order valence-electron chi connectivity index (χ4n) is 1.08. The maximum absolute atomic E-state index is 12.4. The van der Waals surface area contributed by atoms with Gasteiger partial charge in [-0.1, -0.05) is 0 Å². The van der Waals surface area contributed by atoms with E-state index in [1.165, 1.54) is 0 Å².